The first-order valence-electron chi connectivity index (χ1n) is 12.7. The van der Waals surface area contributed by atoms with Crippen molar-refractivity contribution in [3.05, 3.63) is 23.8 Å². The van der Waals surface area contributed by atoms with Crippen molar-refractivity contribution in [2.45, 2.75) is 92.3 Å². The number of hydrogen-bond acceptors (Lipinski definition) is 9. The normalized spacial score (nSPS) is 12.8. The minimum absolute atomic E-state index is 0.00353. The molecule has 0 bridgehead atoms. The lowest BCUT2D eigenvalue weighted by Crippen LogP contribution is -2.59. The number of esters is 2. The molecular weight excluding hydrogens is 482 g/mol. The van der Waals surface area contributed by atoms with E-state index in [1.807, 2.05) is 27.7 Å². The van der Waals surface area contributed by atoms with Gasteiger partial charge in [-0.15, -0.1) is 0 Å². The zero-order chi connectivity index (χ0) is 28.2. The first-order chi connectivity index (χ1) is 17.3. The van der Waals surface area contributed by atoms with Crippen LogP contribution < -0.4 is 14.8 Å². The molecule has 0 saturated heterocycles. The molecule has 37 heavy (non-hydrogen) atoms. The molecule has 2 N–H and O–H groups in total. The summed E-state index contributed by atoms with van der Waals surface area (Å²) in [5, 5.41) is 12.8. The second-order valence-electron chi connectivity index (χ2n) is 9.99. The molecule has 208 valence electrons. The topological polar surface area (TPSA) is 137 Å². The van der Waals surface area contributed by atoms with E-state index in [1.165, 1.54) is 18.2 Å². The SMILES string of the molecule is CCOC(=O)O[C@](Cc1ccc(OC(=O)CCC(C)C)c(OC(=O)CCC(C)C)c1)(NC(C)C)C(=O)O. The molecule has 0 aliphatic heterocycles. The van der Waals surface area contributed by atoms with Crippen LogP contribution in [0.15, 0.2) is 18.2 Å². The van der Waals surface area contributed by atoms with Crippen LogP contribution in [0.4, 0.5) is 4.79 Å². The lowest BCUT2D eigenvalue weighted by atomic mass is 10.0. The maximum absolute atomic E-state index is 12.5. The Hall–Kier alpha value is -3.14. The van der Waals surface area contributed by atoms with Gasteiger partial charge in [-0.3, -0.25) is 14.9 Å². The standard InChI is InChI=1S/C27H41NO9/c1-8-34-26(33)37-27(25(31)32,28-19(6)7)16-20-11-12-21(35-23(29)13-9-17(2)3)22(15-20)36-24(30)14-10-18(4)5/h11-12,15,17-19,28H,8-10,13-14,16H2,1-7H3,(H,31,32)/t27-/m0/s1. The lowest BCUT2D eigenvalue weighted by Gasteiger charge is -2.31. The van der Waals surface area contributed by atoms with Crippen molar-refractivity contribution in [1.82, 2.24) is 5.32 Å². The Labute approximate surface area is 219 Å². The van der Waals surface area contributed by atoms with Crippen LogP contribution in [-0.2, 0) is 30.3 Å². The Morgan fingerprint density at radius 2 is 1.43 bits per heavy atom. The van der Waals surface area contributed by atoms with Crippen LogP contribution in [-0.4, -0.2) is 47.5 Å². The van der Waals surface area contributed by atoms with Gasteiger partial charge in [0, 0.05) is 25.3 Å². The van der Waals surface area contributed by atoms with Crippen molar-refractivity contribution in [1.29, 1.82) is 0 Å². The van der Waals surface area contributed by atoms with Gasteiger partial charge in [-0.25, -0.2) is 9.59 Å². The largest absolute Gasteiger partial charge is 0.510 e. The monoisotopic (exact) mass is 523 g/mol. The van der Waals surface area contributed by atoms with E-state index in [4.69, 9.17) is 18.9 Å². The average Bonchev–Trinajstić information content (AvgIpc) is 2.77. The number of rotatable bonds is 15. The molecule has 10 heteroatoms. The van der Waals surface area contributed by atoms with Gasteiger partial charge in [0.25, 0.3) is 5.72 Å². The van der Waals surface area contributed by atoms with Gasteiger partial charge in [0.1, 0.15) is 0 Å². The zero-order valence-electron chi connectivity index (χ0n) is 22.9. The minimum Gasteiger partial charge on any atom is -0.477 e. The van der Waals surface area contributed by atoms with E-state index in [0.717, 1.165) is 0 Å². The van der Waals surface area contributed by atoms with E-state index in [0.29, 0.717) is 24.3 Å². The molecule has 0 aliphatic rings. The van der Waals surface area contributed by atoms with E-state index in [1.54, 1.807) is 20.8 Å². The van der Waals surface area contributed by atoms with Gasteiger partial charge in [-0.05, 0) is 63.1 Å². The number of nitrogens with one attached hydrogen (secondary N) is 1. The summed E-state index contributed by atoms with van der Waals surface area (Å²) in [7, 11) is 0. The van der Waals surface area contributed by atoms with Crippen LogP contribution >= 0.6 is 0 Å². The maximum Gasteiger partial charge on any atom is 0.510 e. The second-order valence-corrected chi connectivity index (χ2v) is 9.99. The Kier molecular flexibility index (Phi) is 13.1. The summed E-state index contributed by atoms with van der Waals surface area (Å²) in [5.74, 6) is -1.82. The van der Waals surface area contributed by atoms with Gasteiger partial charge < -0.3 is 24.1 Å². The molecule has 1 rings (SSSR count). The van der Waals surface area contributed by atoms with Crippen LogP contribution in [0.1, 0.15) is 79.7 Å². The van der Waals surface area contributed by atoms with Crippen LogP contribution in [0.3, 0.4) is 0 Å². The predicted octanol–water partition coefficient (Wildman–Crippen LogP) is 4.86. The number of hydrogen-bond donors (Lipinski definition) is 2. The van der Waals surface area contributed by atoms with Crippen molar-refractivity contribution in [3.63, 3.8) is 0 Å². The highest BCUT2D eigenvalue weighted by molar-refractivity contribution is 5.81. The average molecular weight is 524 g/mol. The van der Waals surface area contributed by atoms with Gasteiger partial charge in [0.15, 0.2) is 11.5 Å². The minimum atomic E-state index is -2.16. The molecule has 1 atom stereocenters. The predicted molar refractivity (Wildman–Crippen MR) is 136 cm³/mol. The Balaban J connectivity index is 3.35. The number of aliphatic carboxylic acids is 1. The number of carbonyl (C=O) groups excluding carboxylic acids is 3. The summed E-state index contributed by atoms with van der Waals surface area (Å²) in [5.41, 5.74) is -1.80. The smallest absolute Gasteiger partial charge is 0.477 e. The number of carboxylic acids is 1. The number of carboxylic acid groups (broad SMARTS) is 1. The Morgan fingerprint density at radius 3 is 1.89 bits per heavy atom. The summed E-state index contributed by atoms with van der Waals surface area (Å²) >= 11 is 0. The van der Waals surface area contributed by atoms with E-state index in [2.05, 4.69) is 5.32 Å². The van der Waals surface area contributed by atoms with Gasteiger partial charge in [0.05, 0.1) is 6.61 Å². The van der Waals surface area contributed by atoms with Crippen molar-refractivity contribution < 1.29 is 43.2 Å². The number of ether oxygens (including phenoxy) is 4. The molecule has 0 spiro atoms. The molecule has 0 heterocycles. The first-order valence-corrected chi connectivity index (χ1v) is 12.7. The summed E-state index contributed by atoms with van der Waals surface area (Å²) in [6.45, 7) is 12.9. The quantitative estimate of drug-likeness (QED) is 0.186. The molecular formula is C27H41NO9. The van der Waals surface area contributed by atoms with Crippen molar-refractivity contribution >= 4 is 24.1 Å². The van der Waals surface area contributed by atoms with Gasteiger partial charge in [0.2, 0.25) is 0 Å². The van der Waals surface area contributed by atoms with E-state index in [9.17, 15) is 24.3 Å². The summed E-state index contributed by atoms with van der Waals surface area (Å²) < 4.78 is 21.0. The summed E-state index contributed by atoms with van der Waals surface area (Å²) in [6, 6.07) is 3.98. The molecule has 0 unspecified atom stereocenters. The molecule has 0 radical (unpaired) electrons. The van der Waals surface area contributed by atoms with Gasteiger partial charge in [-0.2, -0.15) is 0 Å². The third kappa shape index (κ3) is 11.6. The maximum atomic E-state index is 12.5. The molecule has 1 aromatic rings. The Morgan fingerprint density at radius 1 is 0.892 bits per heavy atom. The van der Waals surface area contributed by atoms with Crippen molar-refractivity contribution in [2.24, 2.45) is 11.8 Å². The van der Waals surface area contributed by atoms with E-state index in [-0.39, 0.29) is 49.3 Å². The van der Waals surface area contributed by atoms with E-state index < -0.39 is 29.8 Å². The lowest BCUT2D eigenvalue weighted by molar-refractivity contribution is -0.166. The molecule has 10 nitrogen and oxygen atoms in total. The fraction of sp³-hybridized carbons (Fsp3) is 0.630. The second kappa shape index (κ2) is 15.2. The number of carbonyl (C=O) groups is 4. The van der Waals surface area contributed by atoms with Crippen LogP contribution in [0.25, 0.3) is 0 Å². The summed E-state index contributed by atoms with van der Waals surface area (Å²) in [4.78, 5) is 49.2. The highest BCUT2D eigenvalue weighted by Crippen LogP contribution is 2.32. The van der Waals surface area contributed by atoms with E-state index >= 15 is 0 Å². The van der Waals surface area contributed by atoms with Crippen LogP contribution in [0.2, 0.25) is 0 Å². The van der Waals surface area contributed by atoms with Gasteiger partial charge >= 0.3 is 24.1 Å². The molecule has 0 fully saturated rings. The molecule has 0 amide bonds. The van der Waals surface area contributed by atoms with Crippen molar-refractivity contribution in [2.75, 3.05) is 6.61 Å². The molecule has 1 aromatic carbocycles. The Bertz CT molecular complexity index is 926. The first kappa shape index (κ1) is 31.9. The molecule has 0 aromatic heterocycles. The fourth-order valence-electron chi connectivity index (χ4n) is 3.33. The van der Waals surface area contributed by atoms with Crippen molar-refractivity contribution in [3.8, 4) is 11.5 Å². The van der Waals surface area contributed by atoms with Crippen LogP contribution in [0.5, 0.6) is 11.5 Å². The highest BCUT2D eigenvalue weighted by Gasteiger charge is 2.44. The third-order valence-corrected chi connectivity index (χ3v) is 5.15. The highest BCUT2D eigenvalue weighted by atomic mass is 16.7. The number of benzene rings is 1. The van der Waals surface area contributed by atoms with Crippen LogP contribution in [0, 0.1) is 11.8 Å². The fourth-order valence-corrected chi connectivity index (χ4v) is 3.33. The van der Waals surface area contributed by atoms with Gasteiger partial charge in [-0.1, -0.05) is 33.8 Å². The zero-order valence-corrected chi connectivity index (χ0v) is 22.9. The summed E-state index contributed by atoms with van der Waals surface area (Å²) in [6.07, 6.45) is 0.117. The molecule has 0 aliphatic carbocycles. The molecule has 0 saturated carbocycles. The third-order valence-electron chi connectivity index (χ3n) is 5.15.